The second-order valence-electron chi connectivity index (χ2n) is 5.19. The second kappa shape index (κ2) is 5.73. The molecule has 0 amide bonds. The van der Waals surface area contributed by atoms with Gasteiger partial charge < -0.3 is 4.42 Å². The standard InChI is InChI=1S/C15H10F4N2O3S/c1-8-5-6-9(7-10(8)16)25(22,23)21-11-3-2-4-12-13(11)20-14(24-12)15(17,18)19/h2-7,21H,1H3. The summed E-state index contributed by atoms with van der Waals surface area (Å²) in [6.07, 6.45) is -4.81. The number of aryl methyl sites for hydroxylation is 1. The summed E-state index contributed by atoms with van der Waals surface area (Å²) in [6, 6.07) is 7.05. The highest BCUT2D eigenvalue weighted by atomic mass is 32.2. The summed E-state index contributed by atoms with van der Waals surface area (Å²) in [7, 11) is -4.22. The van der Waals surface area contributed by atoms with Crippen molar-refractivity contribution in [2.75, 3.05) is 4.72 Å². The Kier molecular flexibility index (Phi) is 3.94. The number of benzene rings is 2. The third kappa shape index (κ3) is 3.29. The number of aromatic nitrogens is 1. The fraction of sp³-hybridized carbons (Fsp3) is 0.133. The maximum atomic E-state index is 13.6. The van der Waals surface area contributed by atoms with Crippen LogP contribution in [0.5, 0.6) is 0 Å². The molecule has 3 aromatic rings. The molecule has 0 aliphatic carbocycles. The van der Waals surface area contributed by atoms with E-state index in [1.165, 1.54) is 37.3 Å². The Morgan fingerprint density at radius 1 is 1.16 bits per heavy atom. The van der Waals surface area contributed by atoms with E-state index in [9.17, 15) is 26.0 Å². The van der Waals surface area contributed by atoms with Gasteiger partial charge in [-0.15, -0.1) is 0 Å². The van der Waals surface area contributed by atoms with Gasteiger partial charge in [-0.25, -0.2) is 17.8 Å². The molecular formula is C15H10F4N2O3S. The van der Waals surface area contributed by atoms with Crippen molar-refractivity contribution in [1.82, 2.24) is 4.98 Å². The fourth-order valence-electron chi connectivity index (χ4n) is 2.10. The van der Waals surface area contributed by atoms with E-state index in [4.69, 9.17) is 0 Å². The molecule has 10 heteroatoms. The molecule has 2 aromatic carbocycles. The molecule has 25 heavy (non-hydrogen) atoms. The molecule has 5 nitrogen and oxygen atoms in total. The summed E-state index contributed by atoms with van der Waals surface area (Å²) in [5, 5.41) is 0. The fourth-order valence-corrected chi connectivity index (χ4v) is 3.17. The van der Waals surface area contributed by atoms with Gasteiger partial charge in [-0.2, -0.15) is 13.2 Å². The van der Waals surface area contributed by atoms with E-state index in [1.54, 1.807) is 0 Å². The number of nitrogens with one attached hydrogen (secondary N) is 1. The topological polar surface area (TPSA) is 72.2 Å². The largest absolute Gasteiger partial charge is 0.468 e. The normalized spacial score (nSPS) is 12.5. The monoisotopic (exact) mass is 374 g/mol. The Morgan fingerprint density at radius 3 is 2.52 bits per heavy atom. The Bertz CT molecular complexity index is 1060. The summed E-state index contributed by atoms with van der Waals surface area (Å²) in [5.74, 6) is -2.21. The van der Waals surface area contributed by atoms with Crippen LogP contribution in [0.15, 0.2) is 45.7 Å². The Balaban J connectivity index is 2.05. The van der Waals surface area contributed by atoms with Crippen LogP contribution in [-0.2, 0) is 16.2 Å². The second-order valence-corrected chi connectivity index (χ2v) is 6.87. The predicted octanol–water partition coefficient (Wildman–Crippen LogP) is 4.09. The van der Waals surface area contributed by atoms with Gasteiger partial charge in [0, 0.05) is 0 Å². The summed E-state index contributed by atoms with van der Waals surface area (Å²) in [6.45, 7) is 1.47. The first-order chi connectivity index (χ1) is 11.6. The molecule has 0 atom stereocenters. The number of fused-ring (bicyclic) bond motifs is 1. The molecule has 0 aliphatic heterocycles. The number of oxazole rings is 1. The van der Waals surface area contributed by atoms with Crippen molar-refractivity contribution in [3.8, 4) is 0 Å². The summed E-state index contributed by atoms with van der Waals surface area (Å²) >= 11 is 0. The zero-order valence-electron chi connectivity index (χ0n) is 12.6. The lowest BCUT2D eigenvalue weighted by atomic mass is 10.2. The van der Waals surface area contributed by atoms with E-state index in [0.29, 0.717) is 0 Å². The molecule has 0 unspecified atom stereocenters. The van der Waals surface area contributed by atoms with Gasteiger partial charge in [-0.1, -0.05) is 12.1 Å². The molecule has 0 aliphatic rings. The number of rotatable bonds is 3. The van der Waals surface area contributed by atoms with Crippen LogP contribution in [0.1, 0.15) is 11.5 Å². The van der Waals surface area contributed by atoms with Crippen molar-refractivity contribution in [2.24, 2.45) is 0 Å². The molecule has 0 spiro atoms. The quantitative estimate of drug-likeness (QED) is 0.701. The lowest BCUT2D eigenvalue weighted by molar-refractivity contribution is -0.156. The molecule has 132 valence electrons. The van der Waals surface area contributed by atoms with Gasteiger partial charge in [0.25, 0.3) is 10.0 Å². The first-order valence-electron chi connectivity index (χ1n) is 6.84. The van der Waals surface area contributed by atoms with Crippen molar-refractivity contribution in [1.29, 1.82) is 0 Å². The van der Waals surface area contributed by atoms with E-state index in [1.807, 2.05) is 0 Å². The van der Waals surface area contributed by atoms with Crippen LogP contribution in [0.25, 0.3) is 11.1 Å². The van der Waals surface area contributed by atoms with E-state index in [2.05, 4.69) is 14.1 Å². The number of halogens is 4. The first kappa shape index (κ1) is 17.2. The molecule has 1 N–H and O–H groups in total. The van der Waals surface area contributed by atoms with Crippen molar-refractivity contribution in [3.05, 3.63) is 53.7 Å². The van der Waals surface area contributed by atoms with Crippen molar-refractivity contribution in [2.45, 2.75) is 18.0 Å². The van der Waals surface area contributed by atoms with Gasteiger partial charge >= 0.3 is 12.1 Å². The molecule has 3 rings (SSSR count). The van der Waals surface area contributed by atoms with Crippen LogP contribution in [0, 0.1) is 12.7 Å². The Hall–Kier alpha value is -2.62. The van der Waals surface area contributed by atoms with Crippen molar-refractivity contribution in [3.63, 3.8) is 0 Å². The van der Waals surface area contributed by atoms with Gasteiger partial charge in [-0.05, 0) is 36.8 Å². The average Bonchev–Trinajstić information content (AvgIpc) is 2.95. The number of sulfonamides is 1. The van der Waals surface area contributed by atoms with E-state index < -0.39 is 27.9 Å². The van der Waals surface area contributed by atoms with Gasteiger partial charge in [0.2, 0.25) is 0 Å². The van der Waals surface area contributed by atoms with Gasteiger partial charge in [0.05, 0.1) is 10.6 Å². The maximum absolute atomic E-state index is 13.6. The summed E-state index contributed by atoms with van der Waals surface area (Å²) in [5.41, 5.74) is -0.487. The van der Waals surface area contributed by atoms with Crippen LogP contribution in [0.4, 0.5) is 23.2 Å². The van der Waals surface area contributed by atoms with Gasteiger partial charge in [0.1, 0.15) is 11.3 Å². The number of nitrogens with zero attached hydrogens (tertiary/aromatic N) is 1. The highest BCUT2D eigenvalue weighted by Crippen LogP contribution is 2.34. The average molecular weight is 374 g/mol. The minimum Gasteiger partial charge on any atom is -0.433 e. The number of hydrogen-bond donors (Lipinski definition) is 1. The highest BCUT2D eigenvalue weighted by molar-refractivity contribution is 7.92. The molecule has 0 fully saturated rings. The molecule has 1 heterocycles. The molecular weight excluding hydrogens is 364 g/mol. The summed E-state index contributed by atoms with van der Waals surface area (Å²) < 4.78 is 83.1. The number of para-hydroxylation sites is 1. The van der Waals surface area contributed by atoms with Crippen LogP contribution in [0.2, 0.25) is 0 Å². The van der Waals surface area contributed by atoms with E-state index in [-0.39, 0.29) is 27.2 Å². The van der Waals surface area contributed by atoms with Crippen LogP contribution in [-0.4, -0.2) is 13.4 Å². The van der Waals surface area contributed by atoms with Crippen molar-refractivity contribution < 1.29 is 30.4 Å². The first-order valence-corrected chi connectivity index (χ1v) is 8.32. The molecule has 0 saturated heterocycles. The molecule has 1 aromatic heterocycles. The van der Waals surface area contributed by atoms with E-state index in [0.717, 1.165) is 6.07 Å². The van der Waals surface area contributed by atoms with Gasteiger partial charge in [-0.3, -0.25) is 4.72 Å². The smallest absolute Gasteiger partial charge is 0.433 e. The third-order valence-electron chi connectivity index (χ3n) is 3.36. The lowest BCUT2D eigenvalue weighted by Gasteiger charge is -2.09. The third-order valence-corrected chi connectivity index (χ3v) is 4.72. The van der Waals surface area contributed by atoms with Crippen LogP contribution >= 0.6 is 0 Å². The SMILES string of the molecule is Cc1ccc(S(=O)(=O)Nc2cccc3oc(C(F)(F)F)nc23)cc1F. The Labute approximate surface area is 139 Å². The van der Waals surface area contributed by atoms with Crippen LogP contribution in [0.3, 0.4) is 0 Å². The molecule has 0 radical (unpaired) electrons. The predicted molar refractivity (Wildman–Crippen MR) is 81.0 cm³/mol. The number of anilines is 1. The minimum atomic E-state index is -4.81. The number of alkyl halides is 3. The number of hydrogen-bond acceptors (Lipinski definition) is 4. The maximum Gasteiger partial charge on any atom is 0.468 e. The van der Waals surface area contributed by atoms with E-state index >= 15 is 0 Å². The zero-order valence-corrected chi connectivity index (χ0v) is 13.4. The van der Waals surface area contributed by atoms with Crippen molar-refractivity contribution >= 4 is 26.8 Å². The zero-order chi connectivity index (χ0) is 18.4. The highest BCUT2D eigenvalue weighted by Gasteiger charge is 2.38. The minimum absolute atomic E-state index is 0.210. The molecule has 0 bridgehead atoms. The summed E-state index contributed by atoms with van der Waals surface area (Å²) in [4.78, 5) is 2.93. The lowest BCUT2D eigenvalue weighted by Crippen LogP contribution is -2.13. The Morgan fingerprint density at radius 2 is 1.88 bits per heavy atom. The van der Waals surface area contributed by atoms with Crippen LogP contribution < -0.4 is 4.72 Å². The van der Waals surface area contributed by atoms with Gasteiger partial charge in [0.15, 0.2) is 5.58 Å². The molecule has 0 saturated carbocycles.